The molecule has 0 radical (unpaired) electrons. The summed E-state index contributed by atoms with van der Waals surface area (Å²) in [5, 5.41) is 8.24. The van der Waals surface area contributed by atoms with Crippen LogP contribution in [-0.2, 0) is 11.3 Å². The van der Waals surface area contributed by atoms with Crippen LogP contribution in [0.15, 0.2) is 0 Å². The third-order valence-corrected chi connectivity index (χ3v) is 1.48. The molecule has 0 aliphatic rings. The lowest BCUT2D eigenvalue weighted by molar-refractivity contribution is 0.216. The zero-order chi connectivity index (χ0) is 8.15. The number of primary amides is 1. The monoisotopic (exact) mass is 168 g/mol. The van der Waals surface area contributed by atoms with Crippen molar-refractivity contribution in [3.8, 4) is 0 Å². The van der Waals surface area contributed by atoms with Gasteiger partial charge < -0.3 is 10.8 Å². The fraction of sp³-hybridized carbons (Fsp3) is 0.667. The van der Waals surface area contributed by atoms with Crippen LogP contribution in [0.5, 0.6) is 0 Å². The van der Waals surface area contributed by atoms with Crippen molar-refractivity contribution in [2.45, 2.75) is 0 Å². The Kier molecular flexibility index (Phi) is 3.93. The Balaban J connectivity index is 3.98. The van der Waals surface area contributed by atoms with Gasteiger partial charge >= 0.3 is 6.03 Å². The number of hydrogen-bond acceptors (Lipinski definition) is 3. The SMILES string of the molecule is NC(=O)N(CCO)S(=O)O. The lowest BCUT2D eigenvalue weighted by Crippen LogP contribution is -2.38. The smallest absolute Gasteiger partial charge is 0.328 e. The largest absolute Gasteiger partial charge is 0.394 e. The van der Waals surface area contributed by atoms with Crippen molar-refractivity contribution >= 4 is 17.3 Å². The average molecular weight is 168 g/mol. The van der Waals surface area contributed by atoms with E-state index < -0.39 is 23.9 Å². The molecule has 1 unspecified atom stereocenters. The van der Waals surface area contributed by atoms with E-state index in [4.69, 9.17) is 9.66 Å². The fourth-order valence-electron chi connectivity index (χ4n) is 0.356. The molecule has 7 heteroatoms. The lowest BCUT2D eigenvalue weighted by atomic mass is 10.7. The first-order chi connectivity index (χ1) is 4.59. The molecule has 4 N–H and O–H groups in total. The molecule has 1 atom stereocenters. The van der Waals surface area contributed by atoms with E-state index in [1.54, 1.807) is 0 Å². The van der Waals surface area contributed by atoms with Gasteiger partial charge in [0.15, 0.2) is 0 Å². The van der Waals surface area contributed by atoms with Crippen LogP contribution in [-0.4, -0.2) is 37.4 Å². The first kappa shape index (κ1) is 9.34. The minimum atomic E-state index is -2.43. The summed E-state index contributed by atoms with van der Waals surface area (Å²) >= 11 is -2.43. The molecule has 0 aliphatic heterocycles. The van der Waals surface area contributed by atoms with Crippen molar-refractivity contribution in [3.05, 3.63) is 0 Å². The van der Waals surface area contributed by atoms with Crippen molar-refractivity contribution < 1.29 is 18.7 Å². The van der Waals surface area contributed by atoms with E-state index in [2.05, 4.69) is 5.73 Å². The third-order valence-electron chi connectivity index (χ3n) is 0.737. The number of aliphatic hydroxyl groups is 1. The van der Waals surface area contributed by atoms with Crippen molar-refractivity contribution in [3.63, 3.8) is 0 Å². The van der Waals surface area contributed by atoms with Gasteiger partial charge in [-0.2, -0.15) is 0 Å². The van der Waals surface area contributed by atoms with Crippen molar-refractivity contribution in [2.75, 3.05) is 13.2 Å². The standard InChI is InChI=1S/C3H8N2O4S/c4-3(7)5(1-2-6)10(8)9/h6H,1-2H2,(H2,4,7)(H,8,9). The number of hydrogen-bond donors (Lipinski definition) is 3. The summed E-state index contributed by atoms with van der Waals surface area (Å²) in [7, 11) is 0. The normalized spacial score (nSPS) is 12.6. The minimum Gasteiger partial charge on any atom is -0.394 e. The second kappa shape index (κ2) is 4.20. The predicted octanol–water partition coefficient (Wildman–Crippen LogP) is -1.50. The first-order valence-corrected chi connectivity index (χ1v) is 3.44. The summed E-state index contributed by atoms with van der Waals surface area (Å²) in [5.74, 6) is 0. The van der Waals surface area contributed by atoms with Gasteiger partial charge in [0.25, 0.3) is 11.3 Å². The molecule has 0 aliphatic carbocycles. The highest BCUT2D eigenvalue weighted by molar-refractivity contribution is 7.77. The van der Waals surface area contributed by atoms with E-state index in [9.17, 15) is 9.00 Å². The molecule has 0 fully saturated rings. The maximum atomic E-state index is 10.2. The molecule has 0 spiro atoms. The average Bonchev–Trinajstić information content (AvgIpc) is 1.81. The molecule has 0 aromatic carbocycles. The second-order valence-electron chi connectivity index (χ2n) is 1.39. The van der Waals surface area contributed by atoms with E-state index in [0.717, 1.165) is 0 Å². The summed E-state index contributed by atoms with van der Waals surface area (Å²) in [5.41, 5.74) is 4.65. The van der Waals surface area contributed by atoms with E-state index in [1.807, 2.05) is 0 Å². The highest BCUT2D eigenvalue weighted by Crippen LogP contribution is 1.89. The fourth-order valence-corrected chi connectivity index (χ4v) is 0.748. The van der Waals surface area contributed by atoms with Crippen molar-refractivity contribution in [2.24, 2.45) is 5.73 Å². The number of carbonyl (C=O) groups excluding carboxylic acids is 1. The maximum absolute atomic E-state index is 10.2. The van der Waals surface area contributed by atoms with E-state index >= 15 is 0 Å². The topological polar surface area (TPSA) is 104 Å². The summed E-state index contributed by atoms with van der Waals surface area (Å²) in [4.78, 5) is 10.2. The van der Waals surface area contributed by atoms with Crippen LogP contribution in [0, 0.1) is 0 Å². The van der Waals surface area contributed by atoms with Gasteiger partial charge in [-0.15, -0.1) is 0 Å². The van der Waals surface area contributed by atoms with Crippen LogP contribution in [0.1, 0.15) is 0 Å². The molecule has 0 heterocycles. The van der Waals surface area contributed by atoms with Gasteiger partial charge in [0.05, 0.1) is 13.2 Å². The Morgan fingerprint density at radius 2 is 2.20 bits per heavy atom. The van der Waals surface area contributed by atoms with Crippen LogP contribution in [0.25, 0.3) is 0 Å². The number of amides is 2. The highest BCUT2D eigenvalue weighted by atomic mass is 32.2. The summed E-state index contributed by atoms with van der Waals surface area (Å²) in [6, 6.07) is -1.03. The number of nitrogens with zero attached hydrogens (tertiary/aromatic N) is 1. The minimum absolute atomic E-state index is 0.238. The second-order valence-corrected chi connectivity index (χ2v) is 2.30. The number of carbonyl (C=O) groups is 1. The zero-order valence-electron chi connectivity index (χ0n) is 5.06. The molecule has 0 rings (SSSR count). The Bertz CT molecular complexity index is 135. The molecule has 0 aromatic heterocycles. The molecule has 2 amide bonds. The van der Waals surface area contributed by atoms with Crippen LogP contribution in [0.3, 0.4) is 0 Å². The van der Waals surface area contributed by atoms with Crippen LogP contribution < -0.4 is 5.73 Å². The van der Waals surface area contributed by atoms with E-state index in [-0.39, 0.29) is 6.54 Å². The van der Waals surface area contributed by atoms with Crippen LogP contribution in [0.2, 0.25) is 0 Å². The van der Waals surface area contributed by atoms with Gasteiger partial charge in [0.1, 0.15) is 0 Å². The molecule has 6 nitrogen and oxygen atoms in total. The van der Waals surface area contributed by atoms with E-state index in [0.29, 0.717) is 4.31 Å². The van der Waals surface area contributed by atoms with Gasteiger partial charge in [-0.3, -0.25) is 4.55 Å². The third kappa shape index (κ3) is 2.76. The summed E-state index contributed by atoms with van der Waals surface area (Å²) in [6.45, 7) is -0.631. The molecule has 0 bridgehead atoms. The molecule has 0 saturated carbocycles. The molecule has 0 aromatic rings. The maximum Gasteiger partial charge on any atom is 0.328 e. The highest BCUT2D eigenvalue weighted by Gasteiger charge is 2.13. The van der Waals surface area contributed by atoms with Gasteiger partial charge in [-0.1, -0.05) is 0 Å². The Morgan fingerprint density at radius 3 is 2.30 bits per heavy atom. The molecular weight excluding hydrogens is 160 g/mol. The van der Waals surface area contributed by atoms with E-state index in [1.165, 1.54) is 0 Å². The quantitative estimate of drug-likeness (QED) is 0.446. The Morgan fingerprint density at radius 1 is 1.70 bits per heavy atom. The molecule has 10 heavy (non-hydrogen) atoms. The predicted molar refractivity (Wildman–Crippen MR) is 34.1 cm³/mol. The summed E-state index contributed by atoms with van der Waals surface area (Å²) < 4.78 is 18.9. The van der Waals surface area contributed by atoms with Crippen molar-refractivity contribution in [1.29, 1.82) is 0 Å². The van der Waals surface area contributed by atoms with Crippen LogP contribution in [0.4, 0.5) is 4.79 Å². The number of aliphatic hydroxyl groups excluding tert-OH is 1. The lowest BCUT2D eigenvalue weighted by Gasteiger charge is -2.12. The van der Waals surface area contributed by atoms with Gasteiger partial charge in [-0.05, 0) is 0 Å². The number of nitrogens with two attached hydrogens (primary N) is 1. The van der Waals surface area contributed by atoms with Gasteiger partial charge in [0.2, 0.25) is 0 Å². The summed E-state index contributed by atoms with van der Waals surface area (Å²) in [6.07, 6.45) is 0. The Labute approximate surface area is 60.0 Å². The molecule has 0 saturated heterocycles. The number of rotatable bonds is 3. The zero-order valence-corrected chi connectivity index (χ0v) is 5.87. The van der Waals surface area contributed by atoms with Crippen molar-refractivity contribution in [1.82, 2.24) is 4.31 Å². The first-order valence-electron chi connectivity index (χ1n) is 2.38. The Hall–Kier alpha value is -0.660. The molecular formula is C3H8N2O4S. The number of urea groups is 1. The van der Waals surface area contributed by atoms with Gasteiger partial charge in [-0.25, -0.2) is 13.3 Å². The van der Waals surface area contributed by atoms with Crippen LogP contribution >= 0.6 is 0 Å². The molecule has 60 valence electrons. The van der Waals surface area contributed by atoms with Gasteiger partial charge in [0, 0.05) is 0 Å².